The second kappa shape index (κ2) is 4.27. The van der Waals surface area contributed by atoms with Gasteiger partial charge in [0.15, 0.2) is 0 Å². The summed E-state index contributed by atoms with van der Waals surface area (Å²) in [6.45, 7) is 3.56. The van der Waals surface area contributed by atoms with E-state index in [4.69, 9.17) is 11.6 Å². The molecule has 5 nitrogen and oxygen atoms in total. The monoisotopic (exact) mass is 273 g/mol. The van der Waals surface area contributed by atoms with Gasteiger partial charge in [-0.2, -0.15) is 0 Å². The topological polar surface area (TPSA) is 62.3 Å². The molecule has 1 aromatic heterocycles. The van der Waals surface area contributed by atoms with Crippen molar-refractivity contribution in [2.45, 2.75) is 31.8 Å². The minimum atomic E-state index is -0.830. The standard InChI is InChI=1S/C10H12ClN3O2S/c1-10(2)8(15)14(9(16)13-10)4-7-12-6(3-11)5-17-7/h5H,3-4H2,1-2H3,(H,13,16). The Morgan fingerprint density at radius 3 is 2.71 bits per heavy atom. The van der Waals surface area contributed by atoms with Crippen LogP contribution in [0.15, 0.2) is 5.38 Å². The molecule has 1 aromatic rings. The molecule has 3 amide bonds. The summed E-state index contributed by atoms with van der Waals surface area (Å²) in [6, 6.07) is -0.373. The molecule has 17 heavy (non-hydrogen) atoms. The van der Waals surface area contributed by atoms with Gasteiger partial charge in [0.1, 0.15) is 10.5 Å². The molecular formula is C10H12ClN3O2S. The van der Waals surface area contributed by atoms with Crippen LogP contribution in [-0.2, 0) is 17.2 Å². The molecule has 0 bridgehead atoms. The lowest BCUT2D eigenvalue weighted by molar-refractivity contribution is -0.130. The van der Waals surface area contributed by atoms with E-state index in [0.29, 0.717) is 10.9 Å². The van der Waals surface area contributed by atoms with Gasteiger partial charge in [-0.3, -0.25) is 9.69 Å². The van der Waals surface area contributed by atoms with Crippen LogP contribution in [0.5, 0.6) is 0 Å². The van der Waals surface area contributed by atoms with Crippen molar-refractivity contribution < 1.29 is 9.59 Å². The number of amides is 3. The van der Waals surface area contributed by atoms with Crippen molar-refractivity contribution in [3.8, 4) is 0 Å². The van der Waals surface area contributed by atoms with Gasteiger partial charge in [0.05, 0.1) is 18.1 Å². The first-order valence-electron chi connectivity index (χ1n) is 5.07. The fourth-order valence-electron chi connectivity index (χ4n) is 1.58. The number of aromatic nitrogens is 1. The maximum atomic E-state index is 11.9. The molecule has 1 aliphatic heterocycles. The summed E-state index contributed by atoms with van der Waals surface area (Å²) in [6.07, 6.45) is 0. The summed E-state index contributed by atoms with van der Waals surface area (Å²) in [5.74, 6) is 0.104. The fourth-order valence-corrected chi connectivity index (χ4v) is 2.59. The van der Waals surface area contributed by atoms with Crippen LogP contribution < -0.4 is 5.32 Å². The highest BCUT2D eigenvalue weighted by atomic mass is 35.5. The van der Waals surface area contributed by atoms with Gasteiger partial charge >= 0.3 is 6.03 Å². The summed E-state index contributed by atoms with van der Waals surface area (Å²) in [5, 5.41) is 5.16. The number of nitrogens with one attached hydrogen (secondary N) is 1. The molecule has 0 spiro atoms. The number of imide groups is 1. The number of halogens is 1. The largest absolute Gasteiger partial charge is 0.325 e. The first-order chi connectivity index (χ1) is 7.94. The Morgan fingerprint density at radius 2 is 2.24 bits per heavy atom. The number of thiazole rings is 1. The van der Waals surface area contributed by atoms with E-state index >= 15 is 0 Å². The number of carbonyl (C=O) groups is 2. The summed E-state index contributed by atoms with van der Waals surface area (Å²) in [5.41, 5.74) is -0.0677. The molecule has 0 saturated carbocycles. The predicted octanol–water partition coefficient (Wildman–Crippen LogP) is 1.71. The van der Waals surface area contributed by atoms with Crippen LogP contribution in [0, 0.1) is 0 Å². The lowest BCUT2D eigenvalue weighted by Gasteiger charge is -2.14. The number of urea groups is 1. The van der Waals surface area contributed by atoms with Crippen molar-refractivity contribution in [1.82, 2.24) is 15.2 Å². The number of rotatable bonds is 3. The van der Waals surface area contributed by atoms with Crippen LogP contribution in [0.2, 0.25) is 0 Å². The van der Waals surface area contributed by atoms with Crippen LogP contribution in [0.4, 0.5) is 4.79 Å². The summed E-state index contributed by atoms with van der Waals surface area (Å²) < 4.78 is 0. The minimum Gasteiger partial charge on any atom is -0.324 e. The second-order valence-corrected chi connectivity index (χ2v) is 5.52. The average molecular weight is 274 g/mol. The van der Waals surface area contributed by atoms with Crippen molar-refractivity contribution >= 4 is 34.9 Å². The molecule has 1 aliphatic rings. The Kier molecular flexibility index (Phi) is 3.09. The third-order valence-electron chi connectivity index (χ3n) is 2.47. The van der Waals surface area contributed by atoms with Crippen LogP contribution >= 0.6 is 22.9 Å². The number of carbonyl (C=O) groups excluding carboxylic acids is 2. The van der Waals surface area contributed by atoms with E-state index in [1.807, 2.05) is 5.38 Å². The van der Waals surface area contributed by atoms with E-state index in [2.05, 4.69) is 10.3 Å². The smallest absolute Gasteiger partial charge is 0.324 e. The number of nitrogens with zero attached hydrogens (tertiary/aromatic N) is 2. The van der Waals surface area contributed by atoms with Gasteiger partial charge in [-0.15, -0.1) is 22.9 Å². The zero-order valence-corrected chi connectivity index (χ0v) is 11.1. The van der Waals surface area contributed by atoms with Gasteiger partial charge in [-0.25, -0.2) is 9.78 Å². The van der Waals surface area contributed by atoms with Gasteiger partial charge in [-0.1, -0.05) is 0 Å². The van der Waals surface area contributed by atoms with Crippen molar-refractivity contribution in [2.24, 2.45) is 0 Å². The zero-order valence-electron chi connectivity index (χ0n) is 9.49. The molecule has 2 rings (SSSR count). The predicted molar refractivity (Wildman–Crippen MR) is 64.8 cm³/mol. The molecule has 2 heterocycles. The molecule has 0 aliphatic carbocycles. The van der Waals surface area contributed by atoms with Gasteiger partial charge in [-0.05, 0) is 13.8 Å². The maximum absolute atomic E-state index is 11.9. The Balaban J connectivity index is 2.14. The molecule has 0 unspecified atom stereocenters. The van der Waals surface area contributed by atoms with Crippen molar-refractivity contribution in [2.75, 3.05) is 0 Å². The minimum absolute atomic E-state index is 0.204. The maximum Gasteiger partial charge on any atom is 0.325 e. The van der Waals surface area contributed by atoms with Crippen molar-refractivity contribution in [1.29, 1.82) is 0 Å². The molecule has 1 fully saturated rings. The first-order valence-corrected chi connectivity index (χ1v) is 6.49. The highest BCUT2D eigenvalue weighted by Gasteiger charge is 2.44. The van der Waals surface area contributed by atoms with E-state index < -0.39 is 5.54 Å². The zero-order chi connectivity index (χ0) is 12.6. The van der Waals surface area contributed by atoms with Gasteiger partial charge in [0.2, 0.25) is 0 Å². The summed E-state index contributed by atoms with van der Waals surface area (Å²) in [7, 11) is 0. The lowest BCUT2D eigenvalue weighted by atomic mass is 10.1. The van der Waals surface area contributed by atoms with Crippen LogP contribution in [0.1, 0.15) is 24.5 Å². The van der Waals surface area contributed by atoms with Gasteiger partial charge in [0.25, 0.3) is 5.91 Å². The fraction of sp³-hybridized carbons (Fsp3) is 0.500. The molecule has 1 saturated heterocycles. The second-order valence-electron chi connectivity index (χ2n) is 4.31. The first kappa shape index (κ1) is 12.3. The molecule has 0 atom stereocenters. The van der Waals surface area contributed by atoms with E-state index in [1.165, 1.54) is 16.2 Å². The van der Waals surface area contributed by atoms with E-state index in [-0.39, 0.29) is 18.5 Å². The van der Waals surface area contributed by atoms with Crippen molar-refractivity contribution in [3.63, 3.8) is 0 Å². The average Bonchev–Trinajstić information content (AvgIpc) is 2.78. The Bertz CT molecular complexity index is 472. The third-order valence-corrected chi connectivity index (χ3v) is 3.63. The summed E-state index contributed by atoms with van der Waals surface area (Å²) in [4.78, 5) is 28.9. The highest BCUT2D eigenvalue weighted by molar-refractivity contribution is 7.09. The quantitative estimate of drug-likeness (QED) is 0.674. The molecule has 7 heteroatoms. The summed E-state index contributed by atoms with van der Waals surface area (Å²) >= 11 is 7.04. The Morgan fingerprint density at radius 1 is 1.53 bits per heavy atom. The molecule has 1 N–H and O–H groups in total. The van der Waals surface area contributed by atoms with Crippen molar-refractivity contribution in [3.05, 3.63) is 16.1 Å². The van der Waals surface area contributed by atoms with E-state index in [1.54, 1.807) is 13.8 Å². The van der Waals surface area contributed by atoms with E-state index in [0.717, 1.165) is 5.69 Å². The molecule has 0 radical (unpaired) electrons. The van der Waals surface area contributed by atoms with Gasteiger partial charge < -0.3 is 5.32 Å². The Labute approximate surface area is 108 Å². The number of hydrogen-bond acceptors (Lipinski definition) is 4. The Hall–Kier alpha value is -1.14. The molecular weight excluding hydrogens is 262 g/mol. The lowest BCUT2D eigenvalue weighted by Crippen LogP contribution is -2.40. The van der Waals surface area contributed by atoms with E-state index in [9.17, 15) is 9.59 Å². The molecule has 0 aromatic carbocycles. The molecule has 92 valence electrons. The van der Waals surface area contributed by atoms with Crippen LogP contribution in [0.25, 0.3) is 0 Å². The normalized spacial score (nSPS) is 18.6. The third kappa shape index (κ3) is 2.28. The number of hydrogen-bond donors (Lipinski definition) is 1. The van der Waals surface area contributed by atoms with Gasteiger partial charge in [0, 0.05) is 5.38 Å². The number of alkyl halides is 1. The highest BCUT2D eigenvalue weighted by Crippen LogP contribution is 2.21. The van der Waals surface area contributed by atoms with Crippen LogP contribution in [-0.4, -0.2) is 27.4 Å². The van der Waals surface area contributed by atoms with Crippen LogP contribution in [0.3, 0.4) is 0 Å². The SMILES string of the molecule is CC1(C)NC(=O)N(Cc2nc(CCl)cs2)C1=O.